The number of ether oxygens (including phenoxy) is 1. The summed E-state index contributed by atoms with van der Waals surface area (Å²) in [4.78, 5) is 2.40. The first kappa shape index (κ1) is 13.2. The third kappa shape index (κ3) is 3.95. The lowest BCUT2D eigenvalue weighted by Crippen LogP contribution is -2.29. The summed E-state index contributed by atoms with van der Waals surface area (Å²) >= 11 is 0. The lowest BCUT2D eigenvalue weighted by molar-refractivity contribution is 0.0348. The molecule has 0 N–H and O–H groups in total. The first-order chi connectivity index (χ1) is 7.81. The molecule has 0 amide bonds. The summed E-state index contributed by atoms with van der Waals surface area (Å²) in [5.74, 6) is 0. The normalized spacial score (nSPS) is 13.0. The molecule has 0 bridgehead atoms. The summed E-state index contributed by atoms with van der Waals surface area (Å²) in [5.41, 5.74) is 1.27. The highest BCUT2D eigenvalue weighted by Crippen LogP contribution is 2.18. The van der Waals surface area contributed by atoms with Crippen molar-refractivity contribution in [3.63, 3.8) is 0 Å². The van der Waals surface area contributed by atoms with Crippen molar-refractivity contribution in [3.8, 4) is 0 Å². The Labute approximate surface area is 99.2 Å². The van der Waals surface area contributed by atoms with E-state index in [0.29, 0.717) is 0 Å². The molecule has 0 unspecified atom stereocenters. The van der Waals surface area contributed by atoms with E-state index in [4.69, 9.17) is 4.74 Å². The highest BCUT2D eigenvalue weighted by molar-refractivity contribution is 5.17. The second-order valence-corrected chi connectivity index (χ2v) is 3.84. The molecule has 0 saturated heterocycles. The van der Waals surface area contributed by atoms with Crippen molar-refractivity contribution in [1.29, 1.82) is 0 Å². The molecule has 0 aliphatic rings. The summed E-state index contributed by atoms with van der Waals surface area (Å²) in [6.07, 6.45) is 0.200. The van der Waals surface area contributed by atoms with E-state index in [9.17, 15) is 0 Å². The van der Waals surface area contributed by atoms with Crippen molar-refractivity contribution < 1.29 is 4.74 Å². The van der Waals surface area contributed by atoms with Gasteiger partial charge in [-0.25, -0.2) is 0 Å². The molecule has 1 rings (SSSR count). The highest BCUT2D eigenvalue weighted by Gasteiger charge is 2.13. The van der Waals surface area contributed by atoms with E-state index >= 15 is 0 Å². The van der Waals surface area contributed by atoms with Crippen LogP contribution in [-0.2, 0) is 4.74 Å². The van der Waals surface area contributed by atoms with Gasteiger partial charge in [0.15, 0.2) is 0 Å². The van der Waals surface area contributed by atoms with E-state index in [1.165, 1.54) is 5.56 Å². The molecular weight excluding hydrogens is 198 g/mol. The third-order valence-electron chi connectivity index (χ3n) is 2.86. The molecule has 0 aromatic heterocycles. The molecule has 0 saturated carbocycles. The molecule has 0 radical (unpaired) electrons. The number of likely N-dealkylation sites (N-methyl/N-ethyl adjacent to an activating group) is 1. The maximum absolute atomic E-state index is 5.82. The molecule has 2 nitrogen and oxygen atoms in total. The van der Waals surface area contributed by atoms with Crippen LogP contribution in [0.1, 0.15) is 32.4 Å². The zero-order valence-corrected chi connectivity index (χ0v) is 10.6. The highest BCUT2D eigenvalue weighted by atomic mass is 16.5. The molecule has 0 fully saturated rings. The van der Waals surface area contributed by atoms with E-state index in [1.54, 1.807) is 0 Å². The van der Waals surface area contributed by atoms with Crippen LogP contribution in [0.2, 0.25) is 0 Å². The van der Waals surface area contributed by atoms with E-state index in [0.717, 1.165) is 26.2 Å². The SMILES string of the molecule is CCO[C@H](CN(CC)CC)c1ccccc1. The van der Waals surface area contributed by atoms with Crippen LogP contribution in [0.3, 0.4) is 0 Å². The Hall–Kier alpha value is -0.860. The molecule has 0 aliphatic carbocycles. The number of hydrogen-bond donors (Lipinski definition) is 0. The van der Waals surface area contributed by atoms with Gasteiger partial charge in [0.05, 0.1) is 6.10 Å². The average molecular weight is 221 g/mol. The largest absolute Gasteiger partial charge is 0.372 e. The lowest BCUT2D eigenvalue weighted by Gasteiger charge is -2.25. The van der Waals surface area contributed by atoms with Crippen molar-refractivity contribution in [2.45, 2.75) is 26.9 Å². The molecule has 1 aromatic rings. The fraction of sp³-hybridized carbons (Fsp3) is 0.571. The first-order valence-electron chi connectivity index (χ1n) is 6.20. The molecule has 0 spiro atoms. The van der Waals surface area contributed by atoms with Crippen LogP contribution in [-0.4, -0.2) is 31.1 Å². The Balaban J connectivity index is 2.67. The molecular formula is C14H23NO. The van der Waals surface area contributed by atoms with E-state index < -0.39 is 0 Å². The number of hydrogen-bond acceptors (Lipinski definition) is 2. The summed E-state index contributed by atoms with van der Waals surface area (Å²) in [7, 11) is 0. The lowest BCUT2D eigenvalue weighted by atomic mass is 10.1. The van der Waals surface area contributed by atoms with Gasteiger partial charge in [-0.1, -0.05) is 44.2 Å². The van der Waals surface area contributed by atoms with Gasteiger partial charge < -0.3 is 9.64 Å². The van der Waals surface area contributed by atoms with Gasteiger partial charge in [0, 0.05) is 13.2 Å². The van der Waals surface area contributed by atoms with Crippen molar-refractivity contribution in [3.05, 3.63) is 35.9 Å². The van der Waals surface area contributed by atoms with Crippen LogP contribution < -0.4 is 0 Å². The van der Waals surface area contributed by atoms with E-state index in [1.807, 2.05) is 6.07 Å². The fourth-order valence-corrected chi connectivity index (χ4v) is 1.84. The number of nitrogens with zero attached hydrogens (tertiary/aromatic N) is 1. The summed E-state index contributed by atoms with van der Waals surface area (Å²) in [5, 5.41) is 0. The Morgan fingerprint density at radius 3 is 2.19 bits per heavy atom. The molecule has 2 heteroatoms. The van der Waals surface area contributed by atoms with E-state index in [-0.39, 0.29) is 6.10 Å². The van der Waals surface area contributed by atoms with Crippen molar-refractivity contribution in [2.24, 2.45) is 0 Å². The second-order valence-electron chi connectivity index (χ2n) is 3.84. The van der Waals surface area contributed by atoms with Crippen LogP contribution in [0.5, 0.6) is 0 Å². The smallest absolute Gasteiger partial charge is 0.0951 e. The Morgan fingerprint density at radius 2 is 1.69 bits per heavy atom. The first-order valence-corrected chi connectivity index (χ1v) is 6.20. The van der Waals surface area contributed by atoms with Gasteiger partial charge in [0.2, 0.25) is 0 Å². The maximum atomic E-state index is 5.82. The molecule has 1 atom stereocenters. The topological polar surface area (TPSA) is 12.5 Å². The third-order valence-corrected chi connectivity index (χ3v) is 2.86. The average Bonchev–Trinajstić information content (AvgIpc) is 2.35. The zero-order valence-electron chi connectivity index (χ0n) is 10.6. The zero-order chi connectivity index (χ0) is 11.8. The molecule has 0 aliphatic heterocycles. The minimum atomic E-state index is 0.200. The van der Waals surface area contributed by atoms with Gasteiger partial charge in [0.1, 0.15) is 0 Å². The van der Waals surface area contributed by atoms with Crippen LogP contribution >= 0.6 is 0 Å². The van der Waals surface area contributed by atoms with Gasteiger partial charge in [-0.3, -0.25) is 0 Å². The standard InChI is InChI=1S/C14H23NO/c1-4-15(5-2)12-14(16-6-3)13-10-8-7-9-11-13/h7-11,14H,4-6,12H2,1-3H3/t14-/m1/s1. The van der Waals surface area contributed by atoms with E-state index in [2.05, 4.69) is 49.9 Å². The Morgan fingerprint density at radius 1 is 1.06 bits per heavy atom. The Kier molecular flexibility index (Phi) is 6.12. The van der Waals surface area contributed by atoms with Gasteiger partial charge >= 0.3 is 0 Å². The van der Waals surface area contributed by atoms with Crippen molar-refractivity contribution >= 4 is 0 Å². The number of benzene rings is 1. The molecule has 0 heterocycles. The second kappa shape index (κ2) is 7.42. The summed E-state index contributed by atoms with van der Waals surface area (Å²) in [6.45, 7) is 10.3. The summed E-state index contributed by atoms with van der Waals surface area (Å²) < 4.78 is 5.82. The van der Waals surface area contributed by atoms with Crippen molar-refractivity contribution in [1.82, 2.24) is 4.90 Å². The molecule has 90 valence electrons. The van der Waals surface area contributed by atoms with Crippen LogP contribution in [0.15, 0.2) is 30.3 Å². The minimum absolute atomic E-state index is 0.200. The minimum Gasteiger partial charge on any atom is -0.372 e. The predicted molar refractivity (Wildman–Crippen MR) is 68.6 cm³/mol. The quantitative estimate of drug-likeness (QED) is 0.701. The van der Waals surface area contributed by atoms with Crippen molar-refractivity contribution in [2.75, 3.05) is 26.2 Å². The van der Waals surface area contributed by atoms with Crippen LogP contribution in [0, 0.1) is 0 Å². The van der Waals surface area contributed by atoms with Gasteiger partial charge in [-0.15, -0.1) is 0 Å². The van der Waals surface area contributed by atoms with Gasteiger partial charge in [-0.05, 0) is 25.6 Å². The van der Waals surface area contributed by atoms with Gasteiger partial charge in [0.25, 0.3) is 0 Å². The maximum Gasteiger partial charge on any atom is 0.0951 e. The van der Waals surface area contributed by atoms with Crippen LogP contribution in [0.4, 0.5) is 0 Å². The summed E-state index contributed by atoms with van der Waals surface area (Å²) in [6, 6.07) is 10.5. The predicted octanol–water partition coefficient (Wildman–Crippen LogP) is 3.11. The molecule has 1 aromatic carbocycles. The molecule has 16 heavy (non-hydrogen) atoms. The van der Waals surface area contributed by atoms with Gasteiger partial charge in [-0.2, -0.15) is 0 Å². The van der Waals surface area contributed by atoms with Crippen LogP contribution in [0.25, 0.3) is 0 Å². The fourth-order valence-electron chi connectivity index (χ4n) is 1.84. The Bertz CT molecular complexity index is 269. The monoisotopic (exact) mass is 221 g/mol. The number of rotatable bonds is 7.